The molecular weight excluding hydrogens is 388 g/mol. The molecule has 1 aliphatic rings. The summed E-state index contributed by atoms with van der Waals surface area (Å²) < 4.78 is 0. The molecule has 1 saturated heterocycles. The molecule has 1 unspecified atom stereocenters. The number of amides is 2. The number of hydrogen-bond donors (Lipinski definition) is 4. The molecule has 1 atom stereocenters. The Morgan fingerprint density at radius 3 is 2.43 bits per heavy atom. The average molecular weight is 416 g/mol. The van der Waals surface area contributed by atoms with Gasteiger partial charge in [-0.2, -0.15) is 0 Å². The molecule has 0 saturated carbocycles. The maximum absolute atomic E-state index is 11.6. The molecule has 0 aliphatic carbocycles. The lowest BCUT2D eigenvalue weighted by Gasteiger charge is -2.17. The predicted octanol–water partition coefficient (Wildman–Crippen LogP) is 1.55. The Morgan fingerprint density at radius 1 is 1.23 bits per heavy atom. The minimum Gasteiger partial charge on any atom is -0.478 e. The van der Waals surface area contributed by atoms with Gasteiger partial charge in [-0.1, -0.05) is 6.07 Å². The minimum absolute atomic E-state index is 0.0272. The molecule has 162 valence electrons. The Bertz CT molecular complexity index is 919. The quantitative estimate of drug-likeness (QED) is 0.508. The Balaban J connectivity index is 0.000000343. The van der Waals surface area contributed by atoms with E-state index in [1.54, 1.807) is 4.90 Å². The second kappa shape index (κ2) is 10.4. The van der Waals surface area contributed by atoms with Crippen LogP contribution in [0.15, 0.2) is 36.5 Å². The van der Waals surface area contributed by atoms with Gasteiger partial charge in [0.25, 0.3) is 0 Å². The van der Waals surface area contributed by atoms with E-state index in [4.69, 9.17) is 10.2 Å². The maximum atomic E-state index is 11.6. The average Bonchev–Trinajstić information content (AvgIpc) is 3.23. The number of nitrogens with one attached hydrogen (secondary N) is 2. The van der Waals surface area contributed by atoms with Gasteiger partial charge in [-0.3, -0.25) is 0 Å². The third-order valence-electron chi connectivity index (χ3n) is 4.86. The van der Waals surface area contributed by atoms with Crippen molar-refractivity contribution in [2.45, 2.75) is 18.9 Å². The van der Waals surface area contributed by atoms with Gasteiger partial charge < -0.3 is 30.3 Å². The summed E-state index contributed by atoms with van der Waals surface area (Å²) in [7, 11) is 6.06. The van der Waals surface area contributed by atoms with E-state index in [9.17, 15) is 14.4 Å². The molecule has 30 heavy (non-hydrogen) atoms. The molecular formula is C21H28N4O5. The summed E-state index contributed by atoms with van der Waals surface area (Å²) in [6, 6.07) is 6.85. The van der Waals surface area contributed by atoms with E-state index in [1.165, 1.54) is 22.0 Å². The van der Waals surface area contributed by atoms with Crippen molar-refractivity contribution in [3.63, 3.8) is 0 Å². The Morgan fingerprint density at radius 2 is 1.90 bits per heavy atom. The van der Waals surface area contributed by atoms with Gasteiger partial charge in [-0.25, -0.2) is 14.4 Å². The number of hydrogen-bond acceptors (Lipinski definition) is 4. The van der Waals surface area contributed by atoms with Crippen molar-refractivity contribution in [3.05, 3.63) is 47.7 Å². The number of rotatable bonds is 7. The third-order valence-corrected chi connectivity index (χ3v) is 4.86. The van der Waals surface area contributed by atoms with Gasteiger partial charge in [-0.15, -0.1) is 0 Å². The van der Waals surface area contributed by atoms with Crippen molar-refractivity contribution < 1.29 is 24.6 Å². The molecule has 2 heterocycles. The summed E-state index contributed by atoms with van der Waals surface area (Å²) in [5, 5.41) is 19.8. The van der Waals surface area contributed by atoms with Crippen molar-refractivity contribution >= 4 is 28.9 Å². The van der Waals surface area contributed by atoms with Gasteiger partial charge in [-0.05, 0) is 50.2 Å². The standard InChI is InChI=1S/C17H24N4O.C4H4O4/c1-20(2)7-6-13-10-18-16-5-4-12(9-15(13)16)8-14-11-19-17(22)21(14)3;5-3(6)1-2-4(7)8/h4-5,9-10,14,18H,6-8,11H2,1-3H3,(H,19,22);1-2H,(H,5,6)(H,7,8)/b;2-1-. The van der Waals surface area contributed by atoms with Crippen LogP contribution in [0.3, 0.4) is 0 Å². The monoisotopic (exact) mass is 416 g/mol. The van der Waals surface area contributed by atoms with E-state index < -0.39 is 11.9 Å². The Kier molecular flexibility index (Phi) is 7.99. The fourth-order valence-electron chi connectivity index (χ4n) is 3.16. The highest BCUT2D eigenvalue weighted by Gasteiger charge is 2.27. The van der Waals surface area contributed by atoms with Gasteiger partial charge in [0.05, 0.1) is 6.04 Å². The van der Waals surface area contributed by atoms with Crippen LogP contribution < -0.4 is 5.32 Å². The molecule has 1 fully saturated rings. The number of aromatic amines is 1. The number of carboxylic acid groups (broad SMARTS) is 2. The van der Waals surface area contributed by atoms with E-state index in [1.807, 2.05) is 7.05 Å². The van der Waals surface area contributed by atoms with Crippen LogP contribution in [0.4, 0.5) is 4.79 Å². The third kappa shape index (κ3) is 6.63. The first kappa shape index (κ1) is 23.0. The smallest absolute Gasteiger partial charge is 0.328 e. The van der Waals surface area contributed by atoms with Gasteiger partial charge in [0, 0.05) is 49.4 Å². The fourth-order valence-corrected chi connectivity index (χ4v) is 3.16. The molecule has 4 N–H and O–H groups in total. The highest BCUT2D eigenvalue weighted by atomic mass is 16.4. The number of benzene rings is 1. The molecule has 0 bridgehead atoms. The normalized spacial score (nSPS) is 16.1. The zero-order chi connectivity index (χ0) is 22.3. The molecule has 9 heteroatoms. The number of aromatic nitrogens is 1. The van der Waals surface area contributed by atoms with Crippen LogP contribution >= 0.6 is 0 Å². The molecule has 0 spiro atoms. The number of carbonyl (C=O) groups is 3. The van der Waals surface area contributed by atoms with E-state index in [0.29, 0.717) is 12.2 Å². The highest BCUT2D eigenvalue weighted by molar-refractivity contribution is 5.89. The topological polar surface area (TPSA) is 126 Å². The first-order chi connectivity index (χ1) is 14.2. The van der Waals surface area contributed by atoms with E-state index in [2.05, 4.69) is 53.7 Å². The van der Waals surface area contributed by atoms with Crippen molar-refractivity contribution in [1.82, 2.24) is 20.1 Å². The van der Waals surface area contributed by atoms with Crippen LogP contribution in [-0.4, -0.2) is 83.2 Å². The molecule has 2 amide bonds. The van der Waals surface area contributed by atoms with Crippen molar-refractivity contribution in [3.8, 4) is 0 Å². The molecule has 2 aromatic rings. The number of nitrogens with zero attached hydrogens (tertiary/aromatic N) is 2. The Labute approximate surface area is 175 Å². The van der Waals surface area contributed by atoms with Crippen molar-refractivity contribution in [1.29, 1.82) is 0 Å². The maximum Gasteiger partial charge on any atom is 0.328 e. The summed E-state index contributed by atoms with van der Waals surface area (Å²) in [6.45, 7) is 1.77. The molecule has 3 rings (SSSR count). The SMILES string of the molecule is CN(C)CCc1c[nH]c2ccc(CC3CNC(=O)N3C)cc12.O=C(O)/C=C\C(=O)O. The number of carbonyl (C=O) groups excluding carboxylic acids is 1. The van der Waals surface area contributed by atoms with Gasteiger partial charge >= 0.3 is 18.0 Å². The zero-order valence-electron chi connectivity index (χ0n) is 17.4. The number of urea groups is 1. The summed E-state index contributed by atoms with van der Waals surface area (Å²) in [5.74, 6) is -2.51. The first-order valence-corrected chi connectivity index (χ1v) is 9.55. The lowest BCUT2D eigenvalue weighted by Crippen LogP contribution is -2.31. The number of carboxylic acids is 2. The summed E-state index contributed by atoms with van der Waals surface area (Å²) >= 11 is 0. The van der Waals surface area contributed by atoms with Crippen molar-refractivity contribution in [2.24, 2.45) is 0 Å². The summed E-state index contributed by atoms with van der Waals surface area (Å²) in [4.78, 5) is 38.0. The van der Waals surface area contributed by atoms with Gasteiger partial charge in [0.15, 0.2) is 0 Å². The summed E-state index contributed by atoms with van der Waals surface area (Å²) in [6.07, 6.45) is 5.17. The minimum atomic E-state index is -1.26. The van der Waals surface area contributed by atoms with Crippen LogP contribution in [0.25, 0.3) is 10.9 Å². The number of fused-ring (bicyclic) bond motifs is 1. The Hall–Kier alpha value is -3.33. The van der Waals surface area contributed by atoms with Gasteiger partial charge in [0.1, 0.15) is 0 Å². The van der Waals surface area contributed by atoms with E-state index in [0.717, 1.165) is 25.9 Å². The second-order valence-electron chi connectivity index (χ2n) is 7.41. The van der Waals surface area contributed by atoms with Crippen LogP contribution in [0, 0.1) is 0 Å². The van der Waals surface area contributed by atoms with Crippen LogP contribution in [0.5, 0.6) is 0 Å². The zero-order valence-corrected chi connectivity index (χ0v) is 17.4. The molecule has 9 nitrogen and oxygen atoms in total. The van der Waals surface area contributed by atoms with Crippen LogP contribution in [0.2, 0.25) is 0 Å². The molecule has 1 aromatic carbocycles. The molecule has 1 aromatic heterocycles. The predicted molar refractivity (Wildman–Crippen MR) is 114 cm³/mol. The number of H-pyrrole nitrogens is 1. The van der Waals surface area contributed by atoms with Crippen LogP contribution in [0.1, 0.15) is 11.1 Å². The van der Waals surface area contributed by atoms with Gasteiger partial charge in [0.2, 0.25) is 0 Å². The van der Waals surface area contributed by atoms with E-state index >= 15 is 0 Å². The molecule has 0 radical (unpaired) electrons. The second-order valence-corrected chi connectivity index (χ2v) is 7.41. The first-order valence-electron chi connectivity index (χ1n) is 9.55. The highest BCUT2D eigenvalue weighted by Crippen LogP contribution is 2.22. The van der Waals surface area contributed by atoms with Crippen molar-refractivity contribution in [2.75, 3.05) is 34.2 Å². The van der Waals surface area contributed by atoms with Crippen LogP contribution in [-0.2, 0) is 22.4 Å². The number of aliphatic carboxylic acids is 2. The number of likely N-dealkylation sites (N-methyl/N-ethyl adjacent to an activating group) is 2. The van der Waals surface area contributed by atoms with E-state index in [-0.39, 0.29) is 12.1 Å². The lowest BCUT2D eigenvalue weighted by molar-refractivity contribution is -0.134. The molecule has 1 aliphatic heterocycles. The lowest BCUT2D eigenvalue weighted by atomic mass is 10.0. The fraction of sp³-hybridized carbons (Fsp3) is 0.381. The largest absolute Gasteiger partial charge is 0.478 e. The summed E-state index contributed by atoms with van der Waals surface area (Å²) in [5.41, 5.74) is 3.83.